The van der Waals surface area contributed by atoms with E-state index in [1.807, 2.05) is 27.8 Å². The Labute approximate surface area is 151 Å². The molecule has 9 heteroatoms. The van der Waals surface area contributed by atoms with Gasteiger partial charge in [-0.05, 0) is 38.9 Å². The summed E-state index contributed by atoms with van der Waals surface area (Å²) < 4.78 is 2.34. The van der Waals surface area contributed by atoms with Crippen LogP contribution in [0.3, 0.4) is 0 Å². The van der Waals surface area contributed by atoms with Crippen molar-refractivity contribution < 1.29 is 14.5 Å². The van der Waals surface area contributed by atoms with Crippen LogP contribution in [0.25, 0.3) is 0 Å². The van der Waals surface area contributed by atoms with E-state index >= 15 is 0 Å². The van der Waals surface area contributed by atoms with Crippen molar-refractivity contribution in [3.63, 3.8) is 0 Å². The van der Waals surface area contributed by atoms with Crippen molar-refractivity contribution in [2.45, 2.75) is 58.8 Å². The molecule has 1 aliphatic rings. The van der Waals surface area contributed by atoms with E-state index in [0.29, 0.717) is 28.7 Å². The van der Waals surface area contributed by atoms with E-state index < -0.39 is 0 Å². The number of hydrogen-bond donors (Lipinski definition) is 2. The number of amides is 2. The molecule has 0 saturated heterocycles. The molecule has 134 valence electrons. The maximum Gasteiger partial charge on any atom is 0.275 e. The number of carbonyl (C=O) groups is 2. The number of aromatic nitrogens is 2. The first kappa shape index (κ1) is 19.0. The Morgan fingerprint density at radius 1 is 1.50 bits per heavy atom. The quantitative estimate of drug-likeness (QED) is 0.655. The third-order valence-corrected chi connectivity index (χ3v) is 4.92. The van der Waals surface area contributed by atoms with Gasteiger partial charge < -0.3 is 10.2 Å². The normalized spacial score (nSPS) is 15.4. The van der Waals surface area contributed by atoms with Gasteiger partial charge in [-0.15, -0.1) is 5.10 Å². The Hall–Kier alpha value is -1.32. The van der Waals surface area contributed by atoms with Crippen molar-refractivity contribution in [3.05, 3.63) is 3.95 Å². The third-order valence-electron chi connectivity index (χ3n) is 3.62. The molecule has 1 fully saturated rings. The van der Waals surface area contributed by atoms with Crippen molar-refractivity contribution in [3.8, 4) is 0 Å². The Bertz CT molecular complexity index is 651. The molecule has 2 amide bonds. The van der Waals surface area contributed by atoms with E-state index in [9.17, 15) is 9.59 Å². The Kier molecular flexibility index (Phi) is 6.47. The zero-order valence-corrected chi connectivity index (χ0v) is 16.3. The van der Waals surface area contributed by atoms with Crippen LogP contribution in [0.4, 0.5) is 5.13 Å². The van der Waals surface area contributed by atoms with E-state index in [1.54, 1.807) is 9.58 Å². The van der Waals surface area contributed by atoms with Crippen LogP contribution >= 0.6 is 23.6 Å². The molecule has 1 saturated carbocycles. The number of likely N-dealkylation sites (N-methyl/N-ethyl adjacent to an activating group) is 1. The van der Waals surface area contributed by atoms with Crippen molar-refractivity contribution in [1.82, 2.24) is 15.1 Å². The lowest BCUT2D eigenvalue weighted by molar-refractivity contribution is -0.895. The maximum atomic E-state index is 12.2. The van der Waals surface area contributed by atoms with E-state index in [-0.39, 0.29) is 23.9 Å². The van der Waals surface area contributed by atoms with Crippen LogP contribution in [-0.2, 0) is 16.3 Å². The van der Waals surface area contributed by atoms with Crippen LogP contribution in [0, 0.1) is 3.95 Å². The zero-order chi connectivity index (χ0) is 17.9. The summed E-state index contributed by atoms with van der Waals surface area (Å²) in [6, 6.07) is 0.402. The van der Waals surface area contributed by atoms with Crippen molar-refractivity contribution >= 4 is 40.5 Å². The van der Waals surface area contributed by atoms with Crippen molar-refractivity contribution in [1.29, 1.82) is 0 Å². The molecule has 0 aromatic carbocycles. The van der Waals surface area contributed by atoms with Crippen molar-refractivity contribution in [2.75, 3.05) is 18.5 Å². The molecule has 1 aromatic rings. The number of nitrogens with one attached hydrogen (secondary N) is 2. The van der Waals surface area contributed by atoms with Gasteiger partial charge in [-0.1, -0.05) is 18.3 Å². The van der Waals surface area contributed by atoms with Crippen LogP contribution in [0.1, 0.15) is 40.0 Å². The Balaban J connectivity index is 2.04. The number of anilines is 1. The molecule has 1 aliphatic carbocycles. The van der Waals surface area contributed by atoms with E-state index in [0.717, 1.165) is 17.7 Å². The summed E-state index contributed by atoms with van der Waals surface area (Å²) in [5, 5.41) is 8.08. The Morgan fingerprint density at radius 2 is 2.17 bits per heavy atom. The van der Waals surface area contributed by atoms with Gasteiger partial charge in [-0.2, -0.15) is 4.68 Å². The first-order chi connectivity index (χ1) is 11.3. The highest BCUT2D eigenvalue weighted by atomic mass is 32.1. The molecule has 1 atom stereocenters. The first-order valence-electron chi connectivity index (χ1n) is 8.32. The van der Waals surface area contributed by atoms with Crippen LogP contribution in [0.2, 0.25) is 0 Å². The van der Waals surface area contributed by atoms with Crippen LogP contribution < -0.4 is 15.1 Å². The fourth-order valence-electron chi connectivity index (χ4n) is 2.42. The molecule has 0 radical (unpaired) electrons. The molecule has 2 rings (SSSR count). The molecule has 1 heterocycles. The summed E-state index contributed by atoms with van der Waals surface area (Å²) in [7, 11) is 1.93. The van der Waals surface area contributed by atoms with Gasteiger partial charge in [0.15, 0.2) is 17.2 Å². The molecule has 0 bridgehead atoms. The topological polar surface area (TPSA) is 71.7 Å². The largest absolute Gasteiger partial charge is 0.349 e. The fraction of sp³-hybridized carbons (Fsp3) is 0.733. The predicted octanol–water partition coefficient (Wildman–Crippen LogP) is 0.576. The summed E-state index contributed by atoms with van der Waals surface area (Å²) in [5.41, 5.74) is 0. The summed E-state index contributed by atoms with van der Waals surface area (Å²) in [5.74, 6) is 0.0932. The Morgan fingerprint density at radius 3 is 2.71 bits per heavy atom. The molecule has 24 heavy (non-hydrogen) atoms. The molecular formula is C15H26N5O2S2+. The highest BCUT2D eigenvalue weighted by molar-refractivity contribution is 7.73. The zero-order valence-electron chi connectivity index (χ0n) is 14.7. The van der Waals surface area contributed by atoms with Gasteiger partial charge >= 0.3 is 0 Å². The predicted molar refractivity (Wildman–Crippen MR) is 96.8 cm³/mol. The van der Waals surface area contributed by atoms with E-state index in [2.05, 4.69) is 10.4 Å². The number of rotatable bonds is 8. The second-order valence-electron chi connectivity index (χ2n) is 6.51. The molecule has 1 unspecified atom stereocenters. The van der Waals surface area contributed by atoms with E-state index in [1.165, 1.54) is 11.3 Å². The van der Waals surface area contributed by atoms with Crippen LogP contribution in [0.15, 0.2) is 0 Å². The summed E-state index contributed by atoms with van der Waals surface area (Å²) >= 11 is 6.75. The van der Waals surface area contributed by atoms with Gasteiger partial charge in [0.05, 0.1) is 7.05 Å². The first-order valence-corrected chi connectivity index (χ1v) is 9.55. The minimum absolute atomic E-state index is 0.00485. The summed E-state index contributed by atoms with van der Waals surface area (Å²) in [6.45, 7) is 6.59. The van der Waals surface area contributed by atoms with Gasteiger partial charge in [0.1, 0.15) is 0 Å². The second-order valence-corrected chi connectivity index (χ2v) is 8.11. The molecule has 7 nitrogen and oxygen atoms in total. The average Bonchev–Trinajstić information content (AvgIpc) is 3.23. The van der Waals surface area contributed by atoms with Crippen LogP contribution in [-0.4, -0.2) is 47.3 Å². The van der Waals surface area contributed by atoms with Gasteiger partial charge in [0.2, 0.25) is 11.0 Å². The lowest BCUT2D eigenvalue weighted by atomic mass is 10.4. The maximum absolute atomic E-state index is 12.2. The van der Waals surface area contributed by atoms with Gasteiger partial charge in [0, 0.05) is 18.5 Å². The molecule has 2 N–H and O–H groups in total. The highest BCUT2D eigenvalue weighted by Crippen LogP contribution is 2.33. The molecule has 0 aliphatic heterocycles. The number of hydrogen-bond acceptors (Lipinski definition) is 5. The van der Waals surface area contributed by atoms with Gasteiger partial charge in [-0.3, -0.25) is 14.5 Å². The van der Waals surface area contributed by atoms with Gasteiger partial charge in [0.25, 0.3) is 5.91 Å². The minimum Gasteiger partial charge on any atom is -0.349 e. The summed E-state index contributed by atoms with van der Waals surface area (Å²) in [4.78, 5) is 26.8. The number of quaternary nitrogens is 1. The minimum atomic E-state index is 0.00485. The molecular weight excluding hydrogens is 346 g/mol. The monoisotopic (exact) mass is 372 g/mol. The van der Waals surface area contributed by atoms with E-state index in [4.69, 9.17) is 12.2 Å². The number of carbonyl (C=O) groups excluding carboxylic acids is 2. The molecule has 1 aromatic heterocycles. The van der Waals surface area contributed by atoms with Crippen molar-refractivity contribution in [2.24, 2.45) is 0 Å². The SMILES string of the molecule is CCC(=O)N(c1nn(C[NH+](C)CC(=O)NC(C)C)c(=S)s1)C1CC1. The standard InChI is InChI=1S/C15H25N5O2S2/c1-5-13(22)20(11-6-7-11)14-17-19(15(23)24-14)9-18(4)8-12(21)16-10(2)3/h10-11H,5-9H2,1-4H3,(H,16,21)/p+1. The average molecular weight is 373 g/mol. The smallest absolute Gasteiger partial charge is 0.275 e. The fourth-order valence-corrected chi connectivity index (χ4v) is 3.61. The van der Waals surface area contributed by atoms with Gasteiger partial charge in [-0.25, -0.2) is 0 Å². The highest BCUT2D eigenvalue weighted by Gasteiger charge is 2.35. The lowest BCUT2D eigenvalue weighted by Crippen LogP contribution is -3.09. The third kappa shape index (κ3) is 5.09. The molecule has 0 spiro atoms. The lowest BCUT2D eigenvalue weighted by Gasteiger charge is -2.18. The van der Waals surface area contributed by atoms with Crippen LogP contribution in [0.5, 0.6) is 0 Å². The number of nitrogens with zero attached hydrogens (tertiary/aromatic N) is 3. The second kappa shape index (κ2) is 8.17. The summed E-state index contributed by atoms with van der Waals surface area (Å²) in [6.07, 6.45) is 2.51.